The van der Waals surface area contributed by atoms with Gasteiger partial charge in [0.2, 0.25) is 0 Å². The second-order valence-electron chi connectivity index (χ2n) is 10.2. The van der Waals surface area contributed by atoms with E-state index in [4.69, 9.17) is 0 Å². The highest BCUT2D eigenvalue weighted by Crippen LogP contribution is 2.41. The number of aromatic nitrogens is 6. The van der Waals surface area contributed by atoms with Crippen molar-refractivity contribution in [3.63, 3.8) is 0 Å². The molecule has 4 aromatic heterocycles. The Labute approximate surface area is 209 Å². The van der Waals surface area contributed by atoms with Gasteiger partial charge in [-0.2, -0.15) is 10.2 Å². The molecule has 1 unspecified atom stereocenters. The maximum absolute atomic E-state index is 4.62. The highest BCUT2D eigenvalue weighted by atomic mass is 15.3. The smallest absolute Gasteiger partial charge is 0.160 e. The molecular weight excluding hydrogens is 450 g/mol. The van der Waals surface area contributed by atoms with E-state index < -0.39 is 0 Å². The summed E-state index contributed by atoms with van der Waals surface area (Å²) in [7, 11) is 0. The van der Waals surface area contributed by atoms with E-state index in [-0.39, 0.29) is 0 Å². The van der Waals surface area contributed by atoms with Gasteiger partial charge >= 0.3 is 0 Å². The van der Waals surface area contributed by atoms with Crippen LogP contribution in [-0.4, -0.2) is 55.4 Å². The monoisotopic (exact) mass is 479 g/mol. The van der Waals surface area contributed by atoms with Gasteiger partial charge in [-0.05, 0) is 60.4 Å². The second-order valence-corrected chi connectivity index (χ2v) is 10.2. The van der Waals surface area contributed by atoms with Crippen LogP contribution >= 0.6 is 0 Å². The fourth-order valence-corrected chi connectivity index (χ4v) is 5.89. The second kappa shape index (κ2) is 8.03. The summed E-state index contributed by atoms with van der Waals surface area (Å²) < 4.78 is 3.72. The summed E-state index contributed by atoms with van der Waals surface area (Å²) in [6, 6.07) is 13.0. The number of hydrogen-bond acceptors (Lipinski definition) is 7. The fraction of sp³-hybridized carbons (Fsp3) is 0.333. The van der Waals surface area contributed by atoms with Gasteiger partial charge in [-0.1, -0.05) is 13.0 Å². The predicted octanol–water partition coefficient (Wildman–Crippen LogP) is 3.78. The highest BCUT2D eigenvalue weighted by molar-refractivity contribution is 5.87. The molecule has 0 amide bonds. The first-order valence-corrected chi connectivity index (χ1v) is 12.6. The number of pyridine rings is 1. The Morgan fingerprint density at radius 3 is 2.58 bits per heavy atom. The maximum atomic E-state index is 4.62. The first-order valence-electron chi connectivity index (χ1n) is 12.6. The van der Waals surface area contributed by atoms with Gasteiger partial charge < -0.3 is 15.5 Å². The normalized spacial score (nSPS) is 17.3. The van der Waals surface area contributed by atoms with Crippen molar-refractivity contribution >= 4 is 28.4 Å². The highest BCUT2D eigenvalue weighted by Gasteiger charge is 2.48. The van der Waals surface area contributed by atoms with Crippen molar-refractivity contribution in [1.82, 2.24) is 34.5 Å². The lowest BCUT2D eigenvalue weighted by Crippen LogP contribution is -2.71. The van der Waals surface area contributed by atoms with Crippen LogP contribution in [0.2, 0.25) is 0 Å². The summed E-state index contributed by atoms with van der Waals surface area (Å²) in [4.78, 5) is 11.4. The molecule has 182 valence electrons. The van der Waals surface area contributed by atoms with Gasteiger partial charge in [0.25, 0.3) is 0 Å². The topological polar surface area (TPSA) is 87.7 Å². The Morgan fingerprint density at radius 2 is 1.81 bits per heavy atom. The third-order valence-corrected chi connectivity index (χ3v) is 7.85. The van der Waals surface area contributed by atoms with Crippen LogP contribution < -0.4 is 15.5 Å². The third-order valence-electron chi connectivity index (χ3n) is 7.85. The fourth-order valence-electron chi connectivity index (χ4n) is 5.89. The minimum absolute atomic E-state index is 0.295. The molecule has 2 aliphatic rings. The lowest BCUT2D eigenvalue weighted by Gasteiger charge is -2.56. The van der Waals surface area contributed by atoms with E-state index in [9.17, 15) is 0 Å². The number of anilines is 3. The van der Waals surface area contributed by atoms with Crippen LogP contribution in [0.15, 0.2) is 61.4 Å². The number of aryl methyl sites for hydroxylation is 1. The minimum Gasteiger partial charge on any atom is -0.368 e. The molecule has 0 bridgehead atoms. The van der Waals surface area contributed by atoms with Crippen molar-refractivity contribution in [3.8, 4) is 0 Å². The Balaban J connectivity index is 1.18. The molecule has 7 rings (SSSR count). The summed E-state index contributed by atoms with van der Waals surface area (Å²) >= 11 is 0. The van der Waals surface area contributed by atoms with Crippen LogP contribution in [0.25, 0.3) is 11.2 Å². The number of fused-ring (bicyclic) bond motifs is 2. The molecule has 9 nitrogen and oxygen atoms in total. The number of nitrogens with one attached hydrogen (secondary N) is 2. The van der Waals surface area contributed by atoms with Gasteiger partial charge in [-0.3, -0.25) is 0 Å². The Bertz CT molecular complexity index is 1570. The van der Waals surface area contributed by atoms with Gasteiger partial charge in [0, 0.05) is 55.6 Å². The van der Waals surface area contributed by atoms with E-state index in [0.29, 0.717) is 11.3 Å². The van der Waals surface area contributed by atoms with Crippen molar-refractivity contribution in [2.45, 2.75) is 26.2 Å². The minimum atomic E-state index is 0.295. The van der Waals surface area contributed by atoms with Crippen LogP contribution in [0.5, 0.6) is 0 Å². The van der Waals surface area contributed by atoms with E-state index in [1.165, 1.54) is 22.4 Å². The number of nitrogens with zero attached hydrogens (tertiary/aromatic N) is 7. The van der Waals surface area contributed by atoms with E-state index in [0.717, 1.165) is 55.3 Å². The molecule has 36 heavy (non-hydrogen) atoms. The molecule has 0 aliphatic carbocycles. The molecule has 2 aliphatic heterocycles. The van der Waals surface area contributed by atoms with Crippen LogP contribution in [0.1, 0.15) is 36.0 Å². The van der Waals surface area contributed by atoms with Crippen molar-refractivity contribution in [1.29, 1.82) is 0 Å². The first kappa shape index (κ1) is 21.3. The van der Waals surface area contributed by atoms with E-state index in [2.05, 4.69) is 85.9 Å². The number of rotatable bonds is 6. The van der Waals surface area contributed by atoms with Crippen LogP contribution in [0.4, 0.5) is 17.2 Å². The van der Waals surface area contributed by atoms with E-state index >= 15 is 0 Å². The lowest BCUT2D eigenvalue weighted by atomic mass is 9.74. The zero-order chi connectivity index (χ0) is 24.3. The zero-order valence-corrected chi connectivity index (χ0v) is 20.5. The standard InChI is InChI=1S/C27H29N9/c1-3-21(19-6-8-35-24(11-19)29-16-31-35)22-5-4-20(10-18(22)2)33-26-25-23(7-9-36(25)32-17-30-26)34-14-27(15-34)12-28-13-27/h4-11,16-17,21,28H,3,12-15H2,1-2H3,(H,30,32,33). The summed E-state index contributed by atoms with van der Waals surface area (Å²) in [5, 5.41) is 15.7. The molecule has 2 fully saturated rings. The molecule has 0 saturated carbocycles. The molecule has 0 radical (unpaired) electrons. The number of benzene rings is 1. The summed E-state index contributed by atoms with van der Waals surface area (Å²) in [6.45, 7) is 8.82. The summed E-state index contributed by atoms with van der Waals surface area (Å²) in [5.41, 5.74) is 8.40. The van der Waals surface area contributed by atoms with Crippen molar-refractivity contribution in [2.24, 2.45) is 5.41 Å². The molecule has 2 saturated heterocycles. The molecule has 6 heterocycles. The quantitative estimate of drug-likeness (QED) is 0.383. The van der Waals surface area contributed by atoms with Gasteiger partial charge in [0.15, 0.2) is 11.5 Å². The largest absolute Gasteiger partial charge is 0.368 e. The average Bonchev–Trinajstić information content (AvgIpc) is 3.47. The van der Waals surface area contributed by atoms with Gasteiger partial charge in [0.1, 0.15) is 18.2 Å². The maximum Gasteiger partial charge on any atom is 0.160 e. The van der Waals surface area contributed by atoms with Gasteiger partial charge in [0.05, 0.1) is 5.69 Å². The van der Waals surface area contributed by atoms with Crippen LogP contribution in [0, 0.1) is 12.3 Å². The summed E-state index contributed by atoms with van der Waals surface area (Å²) in [5.74, 6) is 1.12. The third kappa shape index (κ3) is 3.34. The Hall–Kier alpha value is -3.98. The van der Waals surface area contributed by atoms with Crippen LogP contribution in [-0.2, 0) is 0 Å². The van der Waals surface area contributed by atoms with Crippen molar-refractivity contribution in [2.75, 3.05) is 36.4 Å². The van der Waals surface area contributed by atoms with Crippen LogP contribution in [0.3, 0.4) is 0 Å². The first-order chi connectivity index (χ1) is 17.6. The number of hydrogen-bond donors (Lipinski definition) is 2. The van der Waals surface area contributed by atoms with Gasteiger partial charge in [-0.15, -0.1) is 0 Å². The SMILES string of the molecule is CCC(c1ccn2ncnc2c1)c1ccc(Nc2ncnn3ccc(N4CC5(CNC5)C4)c23)cc1C. The van der Waals surface area contributed by atoms with E-state index in [1.54, 1.807) is 17.2 Å². The predicted molar refractivity (Wildman–Crippen MR) is 140 cm³/mol. The summed E-state index contributed by atoms with van der Waals surface area (Å²) in [6.07, 6.45) is 8.22. The zero-order valence-electron chi connectivity index (χ0n) is 20.5. The molecule has 2 N–H and O–H groups in total. The lowest BCUT2D eigenvalue weighted by molar-refractivity contribution is 0.121. The molecule has 1 spiro atoms. The van der Waals surface area contributed by atoms with Crippen molar-refractivity contribution in [3.05, 3.63) is 78.1 Å². The molecule has 1 atom stereocenters. The van der Waals surface area contributed by atoms with E-state index in [1.807, 2.05) is 16.9 Å². The van der Waals surface area contributed by atoms with Gasteiger partial charge in [-0.25, -0.2) is 19.0 Å². The molecule has 9 heteroatoms. The molecule has 5 aromatic rings. The molecular formula is C27H29N9. The Morgan fingerprint density at radius 1 is 1.00 bits per heavy atom. The van der Waals surface area contributed by atoms with Crippen molar-refractivity contribution < 1.29 is 0 Å². The Kier molecular flexibility index (Phi) is 4.75. The molecule has 1 aromatic carbocycles. The average molecular weight is 480 g/mol.